The Balaban J connectivity index is 1.52. The topological polar surface area (TPSA) is 95.5 Å². The summed E-state index contributed by atoms with van der Waals surface area (Å²) in [5, 5.41) is 14.5. The number of rotatable bonds is 11. The van der Waals surface area contributed by atoms with Gasteiger partial charge in [0.05, 0.1) is 12.3 Å². The van der Waals surface area contributed by atoms with E-state index in [-0.39, 0.29) is 24.8 Å². The minimum atomic E-state index is -0.960. The molecule has 1 atom stereocenters. The molecular formula is C32H34N2O4S. The first kappa shape index (κ1) is 28.2. The first-order valence-corrected chi connectivity index (χ1v) is 14.5. The average molecular weight is 543 g/mol. The van der Waals surface area contributed by atoms with Gasteiger partial charge in [-0.25, -0.2) is 0 Å². The van der Waals surface area contributed by atoms with Crippen LogP contribution in [0.2, 0.25) is 0 Å². The monoisotopic (exact) mass is 542 g/mol. The van der Waals surface area contributed by atoms with E-state index in [1.165, 1.54) is 24.0 Å². The third-order valence-corrected chi connectivity index (χ3v) is 7.67. The standard InChI is InChI=1S/C32H34N2O4S/c1-39-28-17-15-27(16-18-28)34-32(38)29(25-13-11-24(12-14-25)23-5-3-2-4-6-23)21-22-7-9-26(10-8-22)31(37)33-20-19-30(35)36/h5,7-18,29H,2-4,6,19-21H2,1H3,(H,33,37)(H,34,38)(H,35,36). The number of carboxylic acid groups (broad SMARTS) is 1. The van der Waals surface area contributed by atoms with Gasteiger partial charge in [0, 0.05) is 22.7 Å². The van der Waals surface area contributed by atoms with E-state index in [9.17, 15) is 14.4 Å². The fraction of sp³-hybridized carbons (Fsp3) is 0.281. The van der Waals surface area contributed by atoms with Gasteiger partial charge >= 0.3 is 5.97 Å². The van der Waals surface area contributed by atoms with E-state index in [2.05, 4.69) is 41.0 Å². The van der Waals surface area contributed by atoms with Crippen molar-refractivity contribution in [2.24, 2.45) is 0 Å². The molecule has 7 heteroatoms. The smallest absolute Gasteiger partial charge is 0.305 e. The number of allylic oxidation sites excluding steroid dienone is 2. The van der Waals surface area contributed by atoms with Crippen LogP contribution in [0.1, 0.15) is 65.1 Å². The molecule has 1 aliphatic rings. The fourth-order valence-electron chi connectivity index (χ4n) is 4.71. The van der Waals surface area contributed by atoms with Crippen LogP contribution in [0.3, 0.4) is 0 Å². The highest BCUT2D eigenvalue weighted by Crippen LogP contribution is 2.30. The van der Waals surface area contributed by atoms with Crippen molar-refractivity contribution in [2.45, 2.75) is 49.3 Å². The van der Waals surface area contributed by atoms with Gasteiger partial charge in [-0.15, -0.1) is 11.8 Å². The number of amides is 2. The fourth-order valence-corrected chi connectivity index (χ4v) is 5.12. The Labute approximate surface area is 233 Å². The number of hydrogen-bond acceptors (Lipinski definition) is 4. The van der Waals surface area contributed by atoms with Gasteiger partial charge in [-0.05, 0) is 97.0 Å². The highest BCUT2D eigenvalue weighted by atomic mass is 32.2. The Morgan fingerprint density at radius 3 is 2.26 bits per heavy atom. The normalized spacial score (nSPS) is 13.7. The Kier molecular flexibility index (Phi) is 9.97. The van der Waals surface area contributed by atoms with E-state index >= 15 is 0 Å². The molecule has 202 valence electrons. The molecule has 3 aromatic carbocycles. The molecule has 0 aromatic heterocycles. The third-order valence-electron chi connectivity index (χ3n) is 6.93. The van der Waals surface area contributed by atoms with Crippen LogP contribution in [0.15, 0.2) is 83.8 Å². The maximum atomic E-state index is 13.6. The number of thioether (sulfide) groups is 1. The lowest BCUT2D eigenvalue weighted by Gasteiger charge is -2.19. The summed E-state index contributed by atoms with van der Waals surface area (Å²) < 4.78 is 0. The zero-order valence-electron chi connectivity index (χ0n) is 22.1. The van der Waals surface area contributed by atoms with E-state index in [0.29, 0.717) is 12.0 Å². The van der Waals surface area contributed by atoms with E-state index in [1.54, 1.807) is 23.9 Å². The number of carbonyl (C=O) groups is 3. The van der Waals surface area contributed by atoms with Crippen molar-refractivity contribution in [3.8, 4) is 0 Å². The number of nitrogens with one attached hydrogen (secondary N) is 2. The first-order chi connectivity index (χ1) is 18.9. The largest absolute Gasteiger partial charge is 0.481 e. The lowest BCUT2D eigenvalue weighted by molar-refractivity contribution is -0.136. The number of carboxylic acids is 1. The molecule has 39 heavy (non-hydrogen) atoms. The van der Waals surface area contributed by atoms with Crippen molar-refractivity contribution in [1.29, 1.82) is 0 Å². The minimum Gasteiger partial charge on any atom is -0.481 e. The van der Waals surface area contributed by atoms with E-state index in [1.807, 2.05) is 42.7 Å². The summed E-state index contributed by atoms with van der Waals surface area (Å²) in [6, 6.07) is 23.3. The van der Waals surface area contributed by atoms with Gasteiger partial charge in [0.25, 0.3) is 5.91 Å². The molecule has 4 rings (SSSR count). The number of benzene rings is 3. The predicted molar refractivity (Wildman–Crippen MR) is 157 cm³/mol. The highest BCUT2D eigenvalue weighted by Gasteiger charge is 2.22. The molecule has 0 fully saturated rings. The summed E-state index contributed by atoms with van der Waals surface area (Å²) in [5.41, 5.74) is 5.64. The maximum absolute atomic E-state index is 13.6. The lowest BCUT2D eigenvalue weighted by atomic mass is 9.88. The SMILES string of the molecule is CSc1ccc(NC(=O)C(Cc2ccc(C(=O)NCCC(=O)O)cc2)c2ccc(C3=CCCCC3)cc2)cc1. The summed E-state index contributed by atoms with van der Waals surface area (Å²) >= 11 is 1.65. The Morgan fingerprint density at radius 2 is 1.64 bits per heavy atom. The summed E-state index contributed by atoms with van der Waals surface area (Å²) in [4.78, 5) is 37.7. The van der Waals surface area contributed by atoms with E-state index in [0.717, 1.165) is 34.6 Å². The van der Waals surface area contributed by atoms with Crippen LogP contribution in [-0.4, -0.2) is 35.7 Å². The molecule has 0 heterocycles. The Morgan fingerprint density at radius 1 is 0.923 bits per heavy atom. The molecule has 1 unspecified atom stereocenters. The van der Waals surface area contributed by atoms with E-state index < -0.39 is 11.9 Å². The number of hydrogen-bond donors (Lipinski definition) is 3. The molecule has 0 aliphatic heterocycles. The molecule has 0 saturated heterocycles. The molecule has 1 aliphatic carbocycles. The predicted octanol–water partition coefficient (Wildman–Crippen LogP) is 6.54. The van der Waals surface area contributed by atoms with Gasteiger partial charge < -0.3 is 15.7 Å². The molecule has 6 nitrogen and oxygen atoms in total. The number of carbonyl (C=O) groups excluding carboxylic acids is 2. The van der Waals surface area contributed by atoms with Crippen LogP contribution in [0.4, 0.5) is 5.69 Å². The summed E-state index contributed by atoms with van der Waals surface area (Å²) in [5.74, 6) is -1.79. The second kappa shape index (κ2) is 13.8. The molecule has 0 radical (unpaired) electrons. The van der Waals surface area contributed by atoms with Crippen LogP contribution >= 0.6 is 11.8 Å². The van der Waals surface area contributed by atoms with Gasteiger partial charge in [-0.2, -0.15) is 0 Å². The third kappa shape index (κ3) is 8.07. The van der Waals surface area contributed by atoms with Crippen LogP contribution < -0.4 is 10.6 Å². The van der Waals surface area contributed by atoms with Gasteiger partial charge in [-0.3, -0.25) is 14.4 Å². The van der Waals surface area contributed by atoms with Gasteiger partial charge in [0.15, 0.2) is 0 Å². The Bertz CT molecular complexity index is 1320. The second-order valence-corrected chi connectivity index (χ2v) is 10.5. The van der Waals surface area contributed by atoms with Crippen molar-refractivity contribution in [3.05, 3.63) is 101 Å². The van der Waals surface area contributed by atoms with Gasteiger partial charge in [0.2, 0.25) is 5.91 Å². The van der Waals surface area contributed by atoms with Crippen molar-refractivity contribution in [2.75, 3.05) is 18.1 Å². The van der Waals surface area contributed by atoms with Crippen LogP contribution in [-0.2, 0) is 16.0 Å². The van der Waals surface area contributed by atoms with Crippen LogP contribution in [0, 0.1) is 0 Å². The minimum absolute atomic E-state index is 0.0724. The van der Waals surface area contributed by atoms with E-state index in [4.69, 9.17) is 5.11 Å². The quantitative estimate of drug-likeness (QED) is 0.239. The summed E-state index contributed by atoms with van der Waals surface area (Å²) in [6.45, 7) is 0.0724. The first-order valence-electron chi connectivity index (χ1n) is 13.3. The van der Waals surface area contributed by atoms with Crippen LogP contribution in [0.5, 0.6) is 0 Å². The Hall–Kier alpha value is -3.84. The lowest BCUT2D eigenvalue weighted by Crippen LogP contribution is -2.26. The maximum Gasteiger partial charge on any atom is 0.305 e. The second-order valence-electron chi connectivity index (χ2n) is 9.67. The molecule has 3 aromatic rings. The van der Waals surface area contributed by atoms with Crippen molar-refractivity contribution in [1.82, 2.24) is 5.32 Å². The molecule has 2 amide bonds. The molecular weight excluding hydrogens is 508 g/mol. The molecule has 3 N–H and O–H groups in total. The summed E-state index contributed by atoms with van der Waals surface area (Å²) in [6.07, 6.45) is 9.33. The van der Waals surface area contributed by atoms with Gasteiger partial charge in [0.1, 0.15) is 0 Å². The number of anilines is 1. The van der Waals surface area contributed by atoms with Crippen LogP contribution in [0.25, 0.3) is 5.57 Å². The molecule has 0 saturated carbocycles. The summed E-state index contributed by atoms with van der Waals surface area (Å²) in [7, 11) is 0. The van der Waals surface area contributed by atoms with Crippen molar-refractivity contribution in [3.63, 3.8) is 0 Å². The zero-order chi connectivity index (χ0) is 27.6. The molecule has 0 spiro atoms. The zero-order valence-corrected chi connectivity index (χ0v) is 22.9. The molecule has 0 bridgehead atoms. The van der Waals surface area contributed by atoms with Gasteiger partial charge in [-0.1, -0.05) is 42.5 Å². The average Bonchev–Trinajstić information content (AvgIpc) is 2.97. The van der Waals surface area contributed by atoms with Crippen molar-refractivity contribution < 1.29 is 19.5 Å². The number of aliphatic carboxylic acids is 1. The highest BCUT2D eigenvalue weighted by molar-refractivity contribution is 7.98. The van der Waals surface area contributed by atoms with Crippen molar-refractivity contribution >= 4 is 40.8 Å².